The number of anilines is 1. The fraction of sp³-hybridized carbons (Fsp3) is 0.0952. The van der Waals surface area contributed by atoms with Crippen molar-refractivity contribution in [3.05, 3.63) is 75.3 Å². The second kappa shape index (κ2) is 6.23. The summed E-state index contributed by atoms with van der Waals surface area (Å²) in [6.07, 6.45) is 2.99. The van der Waals surface area contributed by atoms with E-state index in [1.807, 2.05) is 25.1 Å². The summed E-state index contributed by atoms with van der Waals surface area (Å²) in [5.41, 5.74) is 3.74. The lowest BCUT2D eigenvalue weighted by Crippen LogP contribution is -2.17. The standard InChI is InChI=1S/C21H17N5O3/c1-11-3-6-17-13(7-11)19(27)14(9-29-17)18-20(22-2)25-21(28)26(18)12-4-5-15-16(8-12)24-10-23-15/h3-10,22H,1-2H3,(H,23,24)(H,25,28). The molecule has 5 rings (SSSR count). The van der Waals surface area contributed by atoms with Gasteiger partial charge in [0.1, 0.15) is 23.4 Å². The maximum Gasteiger partial charge on any atom is 0.332 e. The van der Waals surface area contributed by atoms with Crippen LogP contribution < -0.4 is 16.4 Å². The SMILES string of the molecule is CNc1[nH]c(=O)n(-c2ccc3nc[nH]c3c2)c1-c1coc2ccc(C)cc2c1=O. The molecule has 0 radical (unpaired) electrons. The van der Waals surface area contributed by atoms with Crippen LogP contribution in [0.5, 0.6) is 0 Å². The molecule has 3 aromatic heterocycles. The summed E-state index contributed by atoms with van der Waals surface area (Å²) in [6, 6.07) is 10.9. The van der Waals surface area contributed by atoms with Gasteiger partial charge in [0, 0.05) is 7.05 Å². The summed E-state index contributed by atoms with van der Waals surface area (Å²) < 4.78 is 7.18. The molecule has 5 aromatic rings. The Morgan fingerprint density at radius 2 is 2.00 bits per heavy atom. The minimum atomic E-state index is -0.369. The number of imidazole rings is 2. The number of aromatic nitrogens is 4. The summed E-state index contributed by atoms with van der Waals surface area (Å²) in [5, 5.41) is 3.43. The molecule has 0 saturated carbocycles. The van der Waals surface area contributed by atoms with Gasteiger partial charge in [-0.05, 0) is 37.3 Å². The second-order valence-corrected chi connectivity index (χ2v) is 6.82. The molecule has 0 saturated heterocycles. The molecule has 0 atom stereocenters. The highest BCUT2D eigenvalue weighted by molar-refractivity contribution is 5.85. The van der Waals surface area contributed by atoms with Crippen LogP contribution in [0.15, 0.2) is 63.0 Å². The first-order valence-electron chi connectivity index (χ1n) is 9.05. The lowest BCUT2D eigenvalue weighted by molar-refractivity contribution is 0.604. The molecule has 8 nitrogen and oxygen atoms in total. The largest absolute Gasteiger partial charge is 0.463 e. The molecule has 0 unspecified atom stereocenters. The quantitative estimate of drug-likeness (QED) is 0.441. The number of hydrogen-bond acceptors (Lipinski definition) is 5. The zero-order valence-corrected chi connectivity index (χ0v) is 15.7. The third-order valence-electron chi connectivity index (χ3n) is 4.99. The first kappa shape index (κ1) is 17.1. The number of nitrogens with zero attached hydrogens (tertiary/aromatic N) is 2. The molecular weight excluding hydrogens is 370 g/mol. The Morgan fingerprint density at radius 3 is 2.83 bits per heavy atom. The predicted molar refractivity (Wildman–Crippen MR) is 112 cm³/mol. The van der Waals surface area contributed by atoms with Gasteiger partial charge >= 0.3 is 5.69 Å². The van der Waals surface area contributed by atoms with Gasteiger partial charge in [0.2, 0.25) is 5.43 Å². The molecule has 0 aliphatic rings. The van der Waals surface area contributed by atoms with Crippen LogP contribution in [0.3, 0.4) is 0 Å². The lowest BCUT2D eigenvalue weighted by atomic mass is 10.1. The molecule has 3 N–H and O–H groups in total. The summed E-state index contributed by atoms with van der Waals surface area (Å²) in [6.45, 7) is 1.91. The Labute approximate surface area is 163 Å². The van der Waals surface area contributed by atoms with Gasteiger partial charge in [0.15, 0.2) is 0 Å². The molecule has 8 heteroatoms. The van der Waals surface area contributed by atoms with Crippen LogP contribution in [0.2, 0.25) is 0 Å². The van der Waals surface area contributed by atoms with E-state index >= 15 is 0 Å². The number of rotatable bonds is 3. The average Bonchev–Trinajstić information content (AvgIpc) is 3.32. The maximum absolute atomic E-state index is 13.3. The first-order chi connectivity index (χ1) is 14.1. The highest BCUT2D eigenvalue weighted by atomic mass is 16.3. The molecular formula is C21H17N5O3. The fourth-order valence-corrected chi connectivity index (χ4v) is 3.59. The van der Waals surface area contributed by atoms with Crippen molar-refractivity contribution in [2.24, 2.45) is 0 Å². The number of benzene rings is 2. The molecule has 3 heterocycles. The molecule has 0 aliphatic heterocycles. The van der Waals surface area contributed by atoms with E-state index in [4.69, 9.17) is 4.42 Å². The maximum atomic E-state index is 13.3. The molecule has 0 amide bonds. The van der Waals surface area contributed by atoms with Gasteiger partial charge in [-0.2, -0.15) is 0 Å². The van der Waals surface area contributed by atoms with Crippen molar-refractivity contribution in [2.75, 3.05) is 12.4 Å². The monoisotopic (exact) mass is 387 g/mol. The number of fused-ring (bicyclic) bond motifs is 2. The van der Waals surface area contributed by atoms with Crippen LogP contribution in [-0.4, -0.2) is 26.6 Å². The van der Waals surface area contributed by atoms with E-state index in [0.717, 1.165) is 16.6 Å². The van der Waals surface area contributed by atoms with Gasteiger partial charge in [0.25, 0.3) is 0 Å². The summed E-state index contributed by atoms with van der Waals surface area (Å²) in [4.78, 5) is 36.1. The van der Waals surface area contributed by atoms with E-state index in [1.54, 1.807) is 31.6 Å². The van der Waals surface area contributed by atoms with Crippen LogP contribution >= 0.6 is 0 Å². The van der Waals surface area contributed by atoms with E-state index < -0.39 is 0 Å². The van der Waals surface area contributed by atoms with Gasteiger partial charge in [-0.1, -0.05) is 11.6 Å². The summed E-state index contributed by atoms with van der Waals surface area (Å²) >= 11 is 0. The minimum Gasteiger partial charge on any atom is -0.463 e. The normalized spacial score (nSPS) is 11.4. The van der Waals surface area contributed by atoms with Crippen LogP contribution in [0.1, 0.15) is 5.56 Å². The van der Waals surface area contributed by atoms with E-state index in [2.05, 4.69) is 20.3 Å². The zero-order chi connectivity index (χ0) is 20.1. The van der Waals surface area contributed by atoms with Gasteiger partial charge in [-0.25, -0.2) is 9.78 Å². The third-order valence-corrected chi connectivity index (χ3v) is 4.99. The molecule has 0 spiro atoms. The van der Waals surface area contributed by atoms with Crippen molar-refractivity contribution in [1.29, 1.82) is 0 Å². The van der Waals surface area contributed by atoms with E-state index in [-0.39, 0.29) is 16.7 Å². The van der Waals surface area contributed by atoms with Gasteiger partial charge in [0.05, 0.1) is 34.0 Å². The number of aryl methyl sites for hydroxylation is 1. The molecule has 29 heavy (non-hydrogen) atoms. The van der Waals surface area contributed by atoms with E-state index in [0.29, 0.717) is 28.2 Å². The van der Waals surface area contributed by atoms with Crippen molar-refractivity contribution in [3.8, 4) is 16.9 Å². The second-order valence-electron chi connectivity index (χ2n) is 6.82. The Balaban J connectivity index is 1.84. The molecule has 0 bridgehead atoms. The third kappa shape index (κ3) is 2.57. The minimum absolute atomic E-state index is 0.207. The number of hydrogen-bond donors (Lipinski definition) is 3. The molecule has 144 valence electrons. The van der Waals surface area contributed by atoms with Crippen LogP contribution in [-0.2, 0) is 0 Å². The van der Waals surface area contributed by atoms with E-state index in [9.17, 15) is 9.59 Å². The Hall–Kier alpha value is -4.07. The molecule has 0 aliphatic carbocycles. The highest BCUT2D eigenvalue weighted by Crippen LogP contribution is 2.28. The van der Waals surface area contributed by atoms with Crippen molar-refractivity contribution in [3.63, 3.8) is 0 Å². The highest BCUT2D eigenvalue weighted by Gasteiger charge is 2.21. The predicted octanol–water partition coefficient (Wildman–Crippen LogP) is 3.17. The summed E-state index contributed by atoms with van der Waals surface area (Å²) in [7, 11) is 1.68. The topological polar surface area (TPSA) is 109 Å². The Kier molecular flexibility index (Phi) is 3.67. The van der Waals surface area contributed by atoms with Gasteiger partial charge < -0.3 is 14.7 Å². The summed E-state index contributed by atoms with van der Waals surface area (Å²) in [5.74, 6) is 0.430. The van der Waals surface area contributed by atoms with Crippen LogP contribution in [0.25, 0.3) is 38.9 Å². The fourth-order valence-electron chi connectivity index (χ4n) is 3.59. The van der Waals surface area contributed by atoms with Crippen molar-refractivity contribution in [2.45, 2.75) is 6.92 Å². The lowest BCUT2D eigenvalue weighted by Gasteiger charge is -2.10. The average molecular weight is 387 g/mol. The Morgan fingerprint density at radius 1 is 1.14 bits per heavy atom. The van der Waals surface area contributed by atoms with Crippen LogP contribution in [0.4, 0.5) is 5.82 Å². The van der Waals surface area contributed by atoms with Crippen molar-refractivity contribution < 1.29 is 4.42 Å². The smallest absolute Gasteiger partial charge is 0.332 e. The van der Waals surface area contributed by atoms with Crippen LogP contribution in [0, 0.1) is 6.92 Å². The number of H-pyrrole nitrogens is 2. The molecule has 0 fully saturated rings. The van der Waals surface area contributed by atoms with Crippen molar-refractivity contribution >= 4 is 27.8 Å². The first-order valence-corrected chi connectivity index (χ1v) is 9.05. The Bertz CT molecular complexity index is 1500. The zero-order valence-electron chi connectivity index (χ0n) is 15.7. The van der Waals surface area contributed by atoms with Gasteiger partial charge in [-0.3, -0.25) is 14.3 Å². The van der Waals surface area contributed by atoms with Crippen molar-refractivity contribution in [1.82, 2.24) is 19.5 Å². The number of nitrogens with one attached hydrogen (secondary N) is 3. The molecule has 2 aromatic carbocycles. The van der Waals surface area contributed by atoms with Gasteiger partial charge in [-0.15, -0.1) is 0 Å². The number of aromatic amines is 2. The van der Waals surface area contributed by atoms with E-state index in [1.165, 1.54) is 10.8 Å².